The highest BCUT2D eigenvalue weighted by molar-refractivity contribution is 6.30. The molecular weight excluding hydrogens is 383 g/mol. The number of halogens is 2. The van der Waals surface area contributed by atoms with Crippen LogP contribution >= 0.6 is 24.0 Å². The molecule has 1 amide bonds. The van der Waals surface area contributed by atoms with Gasteiger partial charge in [-0.25, -0.2) is 0 Å². The first-order valence-electron chi connectivity index (χ1n) is 8.99. The van der Waals surface area contributed by atoms with Crippen LogP contribution in [-0.4, -0.2) is 25.7 Å². The molecule has 0 spiro atoms. The fourth-order valence-corrected chi connectivity index (χ4v) is 3.61. The molecule has 0 aliphatic carbocycles. The first-order chi connectivity index (χ1) is 12.6. The number of benzene rings is 2. The van der Waals surface area contributed by atoms with Gasteiger partial charge in [-0.05, 0) is 48.6 Å². The van der Waals surface area contributed by atoms with E-state index in [1.54, 1.807) is 0 Å². The van der Waals surface area contributed by atoms with E-state index in [2.05, 4.69) is 11.4 Å². The molecule has 27 heavy (non-hydrogen) atoms. The van der Waals surface area contributed by atoms with Gasteiger partial charge in [0.2, 0.25) is 5.91 Å². The Morgan fingerprint density at radius 2 is 1.81 bits per heavy atom. The van der Waals surface area contributed by atoms with Crippen LogP contribution in [0, 0.1) is 5.41 Å². The van der Waals surface area contributed by atoms with Gasteiger partial charge in [0.15, 0.2) is 0 Å². The maximum atomic E-state index is 13.0. The Bertz CT molecular complexity index is 759. The van der Waals surface area contributed by atoms with E-state index in [1.807, 2.05) is 49.4 Å². The van der Waals surface area contributed by atoms with Crippen LogP contribution in [0.15, 0.2) is 48.5 Å². The van der Waals surface area contributed by atoms with Gasteiger partial charge in [-0.15, -0.1) is 12.4 Å². The molecule has 0 bridgehead atoms. The molecule has 2 aromatic carbocycles. The van der Waals surface area contributed by atoms with Gasteiger partial charge >= 0.3 is 0 Å². The molecule has 6 heteroatoms. The smallest absolute Gasteiger partial charge is 0.228 e. The minimum Gasteiger partial charge on any atom is -0.381 e. The molecule has 1 saturated heterocycles. The molecule has 0 aromatic heterocycles. The molecule has 4 nitrogen and oxygen atoms in total. The van der Waals surface area contributed by atoms with Gasteiger partial charge < -0.3 is 15.8 Å². The van der Waals surface area contributed by atoms with Crippen molar-refractivity contribution in [3.63, 3.8) is 0 Å². The van der Waals surface area contributed by atoms with Crippen molar-refractivity contribution in [2.75, 3.05) is 19.8 Å². The lowest BCUT2D eigenvalue weighted by Gasteiger charge is -2.35. The predicted octanol–water partition coefficient (Wildman–Crippen LogP) is 4.36. The van der Waals surface area contributed by atoms with Crippen molar-refractivity contribution in [3.8, 4) is 11.1 Å². The highest BCUT2D eigenvalue weighted by Gasteiger charge is 2.39. The molecule has 1 unspecified atom stereocenters. The second-order valence-corrected chi connectivity index (χ2v) is 7.32. The average molecular weight is 409 g/mol. The Morgan fingerprint density at radius 1 is 1.19 bits per heavy atom. The monoisotopic (exact) mass is 408 g/mol. The van der Waals surface area contributed by atoms with Crippen LogP contribution < -0.4 is 11.1 Å². The van der Waals surface area contributed by atoms with E-state index in [4.69, 9.17) is 22.1 Å². The number of amides is 1. The van der Waals surface area contributed by atoms with Gasteiger partial charge in [0.25, 0.3) is 0 Å². The first-order valence-corrected chi connectivity index (χ1v) is 9.37. The first kappa shape index (κ1) is 21.7. The Hall–Kier alpha value is -1.59. The summed E-state index contributed by atoms with van der Waals surface area (Å²) in [6.07, 6.45) is 1.34. The second kappa shape index (κ2) is 9.56. The van der Waals surface area contributed by atoms with Crippen molar-refractivity contribution in [2.24, 2.45) is 11.1 Å². The highest BCUT2D eigenvalue weighted by Crippen LogP contribution is 2.33. The van der Waals surface area contributed by atoms with Crippen molar-refractivity contribution < 1.29 is 9.53 Å². The summed E-state index contributed by atoms with van der Waals surface area (Å²) in [5.41, 5.74) is 8.67. The lowest BCUT2D eigenvalue weighted by atomic mass is 9.79. The lowest BCUT2D eigenvalue weighted by Crippen LogP contribution is -2.49. The van der Waals surface area contributed by atoms with Crippen molar-refractivity contribution in [2.45, 2.75) is 25.8 Å². The van der Waals surface area contributed by atoms with Gasteiger partial charge in [0, 0.05) is 24.8 Å². The predicted molar refractivity (Wildman–Crippen MR) is 112 cm³/mol. The molecule has 2 aromatic rings. The number of rotatable bonds is 5. The Labute approximate surface area is 171 Å². The van der Waals surface area contributed by atoms with E-state index in [9.17, 15) is 4.79 Å². The maximum absolute atomic E-state index is 13.0. The molecule has 1 fully saturated rings. The SMILES string of the molecule is CC(NC(=O)C1(CN)CCOCC1)c1ccccc1-c1ccc(Cl)cc1.Cl. The summed E-state index contributed by atoms with van der Waals surface area (Å²) in [7, 11) is 0. The molecular formula is C21H26Cl2N2O2. The Morgan fingerprint density at radius 3 is 2.44 bits per heavy atom. The summed E-state index contributed by atoms with van der Waals surface area (Å²) < 4.78 is 5.41. The Balaban J connectivity index is 0.00000261. The third kappa shape index (κ3) is 4.82. The molecule has 1 heterocycles. The fourth-order valence-electron chi connectivity index (χ4n) is 3.48. The standard InChI is InChI=1S/C21H25ClN2O2.ClH/c1-15(24-20(25)21(14-23)10-12-26-13-11-21)18-4-2-3-5-19(18)16-6-8-17(22)9-7-16;/h2-9,15H,10-14,23H2,1H3,(H,24,25);1H. The van der Waals surface area contributed by atoms with Crippen LogP contribution in [-0.2, 0) is 9.53 Å². The molecule has 0 radical (unpaired) electrons. The zero-order valence-corrected chi connectivity index (χ0v) is 17.0. The topological polar surface area (TPSA) is 64.4 Å². The summed E-state index contributed by atoms with van der Waals surface area (Å²) in [6.45, 7) is 3.52. The van der Waals surface area contributed by atoms with E-state index in [0.29, 0.717) is 37.6 Å². The van der Waals surface area contributed by atoms with Crippen LogP contribution in [0.5, 0.6) is 0 Å². The highest BCUT2D eigenvalue weighted by atomic mass is 35.5. The number of nitrogens with two attached hydrogens (primary N) is 1. The Kier molecular flexibility index (Phi) is 7.68. The van der Waals surface area contributed by atoms with Gasteiger partial charge in [-0.3, -0.25) is 4.79 Å². The van der Waals surface area contributed by atoms with Crippen molar-refractivity contribution in [1.29, 1.82) is 0 Å². The molecule has 3 rings (SSSR count). The van der Waals surface area contributed by atoms with Crippen molar-refractivity contribution in [3.05, 3.63) is 59.1 Å². The third-order valence-corrected chi connectivity index (χ3v) is 5.50. The number of carbonyl (C=O) groups excluding carboxylic acids is 1. The molecule has 0 saturated carbocycles. The van der Waals surface area contributed by atoms with Crippen LogP contribution in [0.4, 0.5) is 0 Å². The maximum Gasteiger partial charge on any atom is 0.228 e. The minimum absolute atomic E-state index is 0. The zero-order valence-electron chi connectivity index (χ0n) is 15.4. The van der Waals surface area contributed by atoms with E-state index < -0.39 is 5.41 Å². The minimum atomic E-state index is -0.526. The summed E-state index contributed by atoms with van der Waals surface area (Å²) in [4.78, 5) is 13.0. The number of ether oxygens (including phenoxy) is 1. The largest absolute Gasteiger partial charge is 0.381 e. The van der Waals surface area contributed by atoms with Crippen LogP contribution in [0.25, 0.3) is 11.1 Å². The summed E-state index contributed by atoms with van der Waals surface area (Å²) in [5, 5.41) is 3.88. The number of hydrogen-bond donors (Lipinski definition) is 2. The van der Waals surface area contributed by atoms with Crippen molar-refractivity contribution >= 4 is 29.9 Å². The van der Waals surface area contributed by atoms with Crippen molar-refractivity contribution in [1.82, 2.24) is 5.32 Å². The lowest BCUT2D eigenvalue weighted by molar-refractivity contribution is -0.136. The summed E-state index contributed by atoms with van der Waals surface area (Å²) in [5.74, 6) is 0.0155. The third-order valence-electron chi connectivity index (χ3n) is 5.25. The van der Waals surface area contributed by atoms with Crippen LogP contribution in [0.2, 0.25) is 5.02 Å². The van der Waals surface area contributed by atoms with E-state index >= 15 is 0 Å². The molecule has 146 valence electrons. The quantitative estimate of drug-likeness (QED) is 0.771. The van der Waals surface area contributed by atoms with Gasteiger partial charge in [-0.1, -0.05) is 48.0 Å². The second-order valence-electron chi connectivity index (χ2n) is 6.89. The van der Waals surface area contributed by atoms with Crippen LogP contribution in [0.3, 0.4) is 0 Å². The van der Waals surface area contributed by atoms with Gasteiger partial charge in [-0.2, -0.15) is 0 Å². The molecule has 3 N–H and O–H groups in total. The van der Waals surface area contributed by atoms with Crippen LogP contribution in [0.1, 0.15) is 31.4 Å². The number of nitrogens with one attached hydrogen (secondary N) is 1. The number of carbonyl (C=O) groups is 1. The van der Waals surface area contributed by atoms with E-state index in [1.165, 1.54) is 0 Å². The molecule has 1 aliphatic rings. The molecule has 1 atom stereocenters. The van der Waals surface area contributed by atoms with E-state index in [-0.39, 0.29) is 24.4 Å². The summed E-state index contributed by atoms with van der Waals surface area (Å²) in [6, 6.07) is 15.7. The van der Waals surface area contributed by atoms with Gasteiger partial charge in [0.1, 0.15) is 0 Å². The summed E-state index contributed by atoms with van der Waals surface area (Å²) >= 11 is 6.01. The van der Waals surface area contributed by atoms with Gasteiger partial charge in [0.05, 0.1) is 11.5 Å². The molecule has 1 aliphatic heterocycles. The fraction of sp³-hybridized carbons (Fsp3) is 0.381. The van der Waals surface area contributed by atoms with E-state index in [0.717, 1.165) is 16.7 Å². The average Bonchev–Trinajstić information content (AvgIpc) is 2.69. The number of hydrogen-bond acceptors (Lipinski definition) is 3. The zero-order chi connectivity index (χ0) is 18.6. The normalized spacial score (nSPS) is 16.9.